The summed E-state index contributed by atoms with van der Waals surface area (Å²) in [6.07, 6.45) is 0. The first-order chi connectivity index (χ1) is 9.84. The molecule has 2 N–H and O–H groups in total. The molecule has 0 saturated carbocycles. The zero-order valence-corrected chi connectivity index (χ0v) is 11.8. The topological polar surface area (TPSA) is 49.3 Å². The second-order valence-electron chi connectivity index (χ2n) is 4.66. The standard InChI is InChI=1S/C15H12ClF2NO2/c1-15(14(20)21,10-7-6-9(17)8-11(10)16)19-13-5-3-2-4-12(13)18/h2-8,19H,1H3,(H,20,21). The highest BCUT2D eigenvalue weighted by Crippen LogP contribution is 2.33. The number of carboxylic acids is 1. The van der Waals surface area contributed by atoms with E-state index in [4.69, 9.17) is 11.6 Å². The van der Waals surface area contributed by atoms with Crippen molar-refractivity contribution in [3.05, 3.63) is 64.7 Å². The van der Waals surface area contributed by atoms with E-state index in [2.05, 4.69) is 5.32 Å². The summed E-state index contributed by atoms with van der Waals surface area (Å²) in [5.41, 5.74) is -1.54. The Bertz CT molecular complexity index is 693. The van der Waals surface area contributed by atoms with Crippen molar-refractivity contribution in [2.24, 2.45) is 0 Å². The Morgan fingerprint density at radius 2 is 1.90 bits per heavy atom. The summed E-state index contributed by atoms with van der Waals surface area (Å²) < 4.78 is 26.8. The highest BCUT2D eigenvalue weighted by Gasteiger charge is 2.37. The molecule has 0 saturated heterocycles. The second-order valence-corrected chi connectivity index (χ2v) is 5.07. The Labute approximate surface area is 125 Å². The first-order valence-electron chi connectivity index (χ1n) is 6.06. The Morgan fingerprint density at radius 3 is 2.48 bits per heavy atom. The Morgan fingerprint density at radius 1 is 1.24 bits per heavy atom. The Balaban J connectivity index is 2.51. The molecule has 0 heterocycles. The maximum absolute atomic E-state index is 13.7. The first kappa shape index (κ1) is 15.3. The number of benzene rings is 2. The minimum absolute atomic E-state index is 0.0165. The summed E-state index contributed by atoms with van der Waals surface area (Å²) in [6, 6.07) is 9.06. The molecule has 21 heavy (non-hydrogen) atoms. The van der Waals surface area contributed by atoms with E-state index in [1.165, 1.54) is 31.2 Å². The van der Waals surface area contributed by atoms with Crippen LogP contribution in [0.25, 0.3) is 0 Å². The van der Waals surface area contributed by atoms with Crippen LogP contribution >= 0.6 is 11.6 Å². The molecule has 110 valence electrons. The minimum atomic E-state index is -1.70. The highest BCUT2D eigenvalue weighted by atomic mass is 35.5. The summed E-state index contributed by atoms with van der Waals surface area (Å²) in [6.45, 7) is 1.33. The van der Waals surface area contributed by atoms with E-state index in [9.17, 15) is 18.7 Å². The van der Waals surface area contributed by atoms with Crippen molar-refractivity contribution in [2.45, 2.75) is 12.5 Å². The van der Waals surface area contributed by atoms with E-state index in [1.54, 1.807) is 6.07 Å². The maximum Gasteiger partial charge on any atom is 0.333 e. The van der Waals surface area contributed by atoms with Crippen molar-refractivity contribution in [3.8, 4) is 0 Å². The summed E-state index contributed by atoms with van der Waals surface area (Å²) >= 11 is 5.93. The molecule has 0 radical (unpaired) electrons. The number of hydrogen-bond acceptors (Lipinski definition) is 2. The average molecular weight is 312 g/mol. The second kappa shape index (κ2) is 5.69. The van der Waals surface area contributed by atoms with Gasteiger partial charge in [0.25, 0.3) is 0 Å². The van der Waals surface area contributed by atoms with Crippen molar-refractivity contribution < 1.29 is 18.7 Å². The molecular weight excluding hydrogens is 300 g/mol. The van der Waals surface area contributed by atoms with Gasteiger partial charge in [0.2, 0.25) is 0 Å². The monoisotopic (exact) mass is 311 g/mol. The van der Waals surface area contributed by atoms with Crippen LogP contribution in [0.4, 0.5) is 14.5 Å². The van der Waals surface area contributed by atoms with Crippen LogP contribution in [-0.4, -0.2) is 11.1 Å². The molecule has 0 amide bonds. The fourth-order valence-electron chi connectivity index (χ4n) is 1.96. The molecule has 0 aliphatic carbocycles. The van der Waals surface area contributed by atoms with Gasteiger partial charge in [-0.25, -0.2) is 13.6 Å². The van der Waals surface area contributed by atoms with Gasteiger partial charge in [0.05, 0.1) is 5.69 Å². The van der Waals surface area contributed by atoms with Crippen LogP contribution in [-0.2, 0) is 10.3 Å². The van der Waals surface area contributed by atoms with E-state index in [0.29, 0.717) is 0 Å². The predicted octanol–water partition coefficient (Wildman–Crippen LogP) is 4.03. The fraction of sp³-hybridized carbons (Fsp3) is 0.133. The van der Waals surface area contributed by atoms with Gasteiger partial charge in [-0.1, -0.05) is 29.8 Å². The number of nitrogens with one attached hydrogen (secondary N) is 1. The SMILES string of the molecule is CC(Nc1ccccc1F)(C(=O)O)c1ccc(F)cc1Cl. The highest BCUT2D eigenvalue weighted by molar-refractivity contribution is 6.31. The number of carbonyl (C=O) groups is 1. The molecular formula is C15H12ClF2NO2. The summed E-state index contributed by atoms with van der Waals surface area (Å²) in [5.74, 6) is -2.44. The van der Waals surface area contributed by atoms with E-state index >= 15 is 0 Å². The number of anilines is 1. The molecule has 2 aromatic carbocycles. The van der Waals surface area contributed by atoms with Crippen LogP contribution in [0, 0.1) is 11.6 Å². The Hall–Kier alpha value is -2.14. The molecule has 0 aliphatic heterocycles. The molecule has 2 rings (SSSR count). The van der Waals surface area contributed by atoms with Crippen molar-refractivity contribution in [1.82, 2.24) is 0 Å². The maximum atomic E-state index is 13.7. The van der Waals surface area contributed by atoms with Crippen molar-refractivity contribution in [3.63, 3.8) is 0 Å². The van der Waals surface area contributed by atoms with Crippen LogP contribution in [0.2, 0.25) is 5.02 Å². The molecule has 1 unspecified atom stereocenters. The van der Waals surface area contributed by atoms with Gasteiger partial charge < -0.3 is 10.4 Å². The van der Waals surface area contributed by atoms with Gasteiger partial charge in [-0.2, -0.15) is 0 Å². The smallest absolute Gasteiger partial charge is 0.333 e. The number of hydrogen-bond donors (Lipinski definition) is 2. The third-order valence-electron chi connectivity index (χ3n) is 3.16. The molecule has 1 atom stereocenters. The van der Waals surface area contributed by atoms with Crippen LogP contribution in [0.5, 0.6) is 0 Å². The number of rotatable bonds is 4. The summed E-state index contributed by atoms with van der Waals surface area (Å²) in [5, 5.41) is 12.1. The normalized spacial score (nSPS) is 13.5. The van der Waals surface area contributed by atoms with Crippen LogP contribution < -0.4 is 5.32 Å². The molecule has 0 spiro atoms. The molecule has 2 aromatic rings. The average Bonchev–Trinajstić information content (AvgIpc) is 2.41. The zero-order chi connectivity index (χ0) is 15.6. The summed E-state index contributed by atoms with van der Waals surface area (Å²) in [4.78, 5) is 11.6. The molecule has 3 nitrogen and oxygen atoms in total. The van der Waals surface area contributed by atoms with E-state index in [-0.39, 0.29) is 16.3 Å². The van der Waals surface area contributed by atoms with Gasteiger partial charge in [0.15, 0.2) is 5.54 Å². The van der Waals surface area contributed by atoms with Crippen molar-refractivity contribution in [2.75, 3.05) is 5.32 Å². The largest absolute Gasteiger partial charge is 0.479 e. The zero-order valence-electron chi connectivity index (χ0n) is 11.0. The van der Waals surface area contributed by atoms with Crippen LogP contribution in [0.15, 0.2) is 42.5 Å². The Kier molecular flexibility index (Phi) is 4.14. The minimum Gasteiger partial charge on any atom is -0.479 e. The third kappa shape index (κ3) is 2.97. The number of aliphatic carboxylic acids is 1. The molecule has 6 heteroatoms. The fourth-order valence-corrected chi connectivity index (χ4v) is 2.32. The van der Waals surface area contributed by atoms with Crippen molar-refractivity contribution in [1.29, 1.82) is 0 Å². The van der Waals surface area contributed by atoms with Gasteiger partial charge in [0.1, 0.15) is 11.6 Å². The lowest BCUT2D eigenvalue weighted by atomic mass is 9.91. The predicted molar refractivity (Wildman–Crippen MR) is 76.4 cm³/mol. The van der Waals surface area contributed by atoms with Crippen LogP contribution in [0.3, 0.4) is 0 Å². The molecule has 0 bridgehead atoms. The lowest BCUT2D eigenvalue weighted by Crippen LogP contribution is -2.41. The lowest BCUT2D eigenvalue weighted by Gasteiger charge is -2.29. The summed E-state index contributed by atoms with van der Waals surface area (Å²) in [7, 11) is 0. The van der Waals surface area contributed by atoms with Crippen molar-refractivity contribution >= 4 is 23.3 Å². The van der Waals surface area contributed by atoms with Gasteiger partial charge in [-0.15, -0.1) is 0 Å². The number of halogens is 3. The van der Waals surface area contributed by atoms with Gasteiger partial charge in [-0.05, 0) is 31.2 Å². The quantitative estimate of drug-likeness (QED) is 0.896. The van der Waals surface area contributed by atoms with Gasteiger partial charge in [-0.3, -0.25) is 0 Å². The van der Waals surface area contributed by atoms with Gasteiger partial charge in [0, 0.05) is 10.6 Å². The van der Waals surface area contributed by atoms with Gasteiger partial charge >= 0.3 is 5.97 Å². The first-order valence-corrected chi connectivity index (χ1v) is 6.44. The van der Waals surface area contributed by atoms with Crippen LogP contribution in [0.1, 0.15) is 12.5 Å². The van der Waals surface area contributed by atoms with E-state index in [0.717, 1.165) is 12.1 Å². The third-order valence-corrected chi connectivity index (χ3v) is 3.47. The number of carboxylic acid groups (broad SMARTS) is 1. The van der Waals surface area contributed by atoms with E-state index < -0.39 is 23.1 Å². The lowest BCUT2D eigenvalue weighted by molar-refractivity contribution is -0.142. The molecule has 0 aliphatic rings. The van der Waals surface area contributed by atoms with E-state index in [1.807, 2.05) is 0 Å². The molecule has 0 fully saturated rings. The number of para-hydroxylation sites is 1. The molecule has 0 aromatic heterocycles.